The van der Waals surface area contributed by atoms with Gasteiger partial charge in [0.15, 0.2) is 12.4 Å². The van der Waals surface area contributed by atoms with Crippen LogP contribution >= 0.6 is 0 Å². The maximum atomic E-state index is 13.0. The molecule has 2 aromatic heterocycles. The molecule has 2 aromatic carbocycles. The van der Waals surface area contributed by atoms with E-state index in [0.717, 1.165) is 0 Å². The number of aromatic nitrogens is 2. The molecule has 0 aliphatic carbocycles. The van der Waals surface area contributed by atoms with Crippen molar-refractivity contribution in [1.82, 2.24) is 9.97 Å². The van der Waals surface area contributed by atoms with Crippen LogP contribution in [0.3, 0.4) is 0 Å². The van der Waals surface area contributed by atoms with Crippen molar-refractivity contribution in [3.63, 3.8) is 0 Å². The number of aliphatic hydroxyl groups is 1. The minimum absolute atomic E-state index is 0.0482. The number of sulfonamides is 1. The lowest BCUT2D eigenvalue weighted by molar-refractivity contribution is -0.0682. The van der Waals surface area contributed by atoms with E-state index in [1.54, 1.807) is 12.3 Å². The van der Waals surface area contributed by atoms with Gasteiger partial charge in [-0.1, -0.05) is 30.3 Å². The second-order valence-electron chi connectivity index (χ2n) is 8.90. The van der Waals surface area contributed by atoms with Crippen molar-refractivity contribution in [1.29, 1.82) is 0 Å². The molecule has 0 radical (unpaired) electrons. The third-order valence-corrected chi connectivity index (χ3v) is 7.23. The van der Waals surface area contributed by atoms with E-state index in [2.05, 4.69) is 9.97 Å². The molecular weight excluding hydrogens is 510 g/mol. The predicted molar refractivity (Wildman–Crippen MR) is 137 cm³/mol. The lowest BCUT2D eigenvalue weighted by Gasteiger charge is -2.32. The summed E-state index contributed by atoms with van der Waals surface area (Å²) >= 11 is 0. The predicted octanol–water partition coefficient (Wildman–Crippen LogP) is 3.31. The van der Waals surface area contributed by atoms with Crippen LogP contribution in [0.15, 0.2) is 82.4 Å². The molecule has 5 rings (SSSR count). The summed E-state index contributed by atoms with van der Waals surface area (Å²) in [7, 11) is -3.86. The maximum absolute atomic E-state index is 13.0. The van der Waals surface area contributed by atoms with Gasteiger partial charge in [0.2, 0.25) is 10.0 Å². The number of nitrogens with two attached hydrogens (primary N) is 1. The molecule has 0 spiro atoms. The lowest BCUT2D eigenvalue weighted by Crippen LogP contribution is -2.33. The highest BCUT2D eigenvalue weighted by molar-refractivity contribution is 7.89. The highest BCUT2D eigenvalue weighted by atomic mass is 32.2. The molecule has 10 nitrogen and oxygen atoms in total. The summed E-state index contributed by atoms with van der Waals surface area (Å²) in [5.74, 6) is -0.0540. The van der Waals surface area contributed by atoms with Crippen molar-refractivity contribution in [3.8, 4) is 28.3 Å². The Hall–Kier alpha value is -3.90. The van der Waals surface area contributed by atoms with Crippen LogP contribution in [0, 0.1) is 0 Å². The van der Waals surface area contributed by atoms with Gasteiger partial charge in [-0.25, -0.2) is 18.5 Å². The van der Waals surface area contributed by atoms with E-state index in [0.29, 0.717) is 59.9 Å². The highest BCUT2D eigenvalue weighted by Gasteiger charge is 2.32. The zero-order valence-corrected chi connectivity index (χ0v) is 21.1. The minimum atomic E-state index is -3.86. The molecule has 0 atom stereocenters. The largest absolute Gasteiger partial charge is 0.484 e. The van der Waals surface area contributed by atoms with E-state index >= 15 is 0 Å². The number of oxazole rings is 1. The summed E-state index contributed by atoms with van der Waals surface area (Å²) in [5.41, 5.74) is 1.19. The minimum Gasteiger partial charge on any atom is -0.484 e. The van der Waals surface area contributed by atoms with Crippen LogP contribution in [-0.2, 0) is 20.4 Å². The molecule has 38 heavy (non-hydrogen) atoms. The number of nitrogens with zero attached hydrogens (tertiary/aromatic N) is 2. The number of carbonyl (C=O) groups excluding carboxylic acids is 1. The topological polar surface area (TPSA) is 155 Å². The van der Waals surface area contributed by atoms with Crippen LogP contribution in [0.5, 0.6) is 5.75 Å². The van der Waals surface area contributed by atoms with E-state index in [4.69, 9.17) is 19.0 Å². The molecule has 0 saturated carbocycles. The fourth-order valence-electron chi connectivity index (χ4n) is 4.18. The van der Waals surface area contributed by atoms with Crippen molar-refractivity contribution >= 4 is 15.8 Å². The van der Waals surface area contributed by atoms with Crippen LogP contribution in [0.2, 0.25) is 0 Å². The molecule has 3 heterocycles. The average Bonchev–Trinajstić information content (AvgIpc) is 3.38. The normalized spacial score (nSPS) is 15.2. The Bertz CT molecular complexity index is 1550. The number of hydrogen-bond acceptors (Lipinski definition) is 9. The molecule has 4 aromatic rings. The Kier molecular flexibility index (Phi) is 7.09. The molecule has 0 amide bonds. The van der Waals surface area contributed by atoms with Gasteiger partial charge in [0, 0.05) is 48.9 Å². The Morgan fingerprint density at radius 2 is 1.74 bits per heavy atom. The molecule has 1 aliphatic rings. The van der Waals surface area contributed by atoms with Crippen LogP contribution < -0.4 is 9.88 Å². The number of Topliss-reactive ketones (excluding diaryl/α,β-unsaturated/α-hetero) is 1. The first kappa shape index (κ1) is 25.7. The summed E-state index contributed by atoms with van der Waals surface area (Å²) < 4.78 is 40.2. The Morgan fingerprint density at radius 3 is 2.42 bits per heavy atom. The van der Waals surface area contributed by atoms with E-state index in [1.165, 1.54) is 30.5 Å². The van der Waals surface area contributed by atoms with E-state index < -0.39 is 21.4 Å². The molecule has 1 fully saturated rings. The molecule has 1 aliphatic heterocycles. The monoisotopic (exact) mass is 535 g/mol. The molecule has 196 valence electrons. The zero-order valence-electron chi connectivity index (χ0n) is 20.2. The van der Waals surface area contributed by atoms with Gasteiger partial charge in [-0.05, 0) is 30.3 Å². The number of benzene rings is 2. The van der Waals surface area contributed by atoms with Gasteiger partial charge < -0.3 is 19.0 Å². The number of primary sulfonamides is 1. The summed E-state index contributed by atoms with van der Waals surface area (Å²) in [6.45, 7) is 0.521. The molecular formula is C27H25N3O7S. The quantitative estimate of drug-likeness (QED) is 0.323. The van der Waals surface area contributed by atoms with E-state index in [-0.39, 0.29) is 17.4 Å². The number of pyridine rings is 1. The third kappa shape index (κ3) is 5.50. The fraction of sp³-hybridized carbons (Fsp3) is 0.222. The van der Waals surface area contributed by atoms with Crippen molar-refractivity contribution < 1.29 is 32.2 Å². The van der Waals surface area contributed by atoms with Gasteiger partial charge in [-0.15, -0.1) is 0 Å². The first-order chi connectivity index (χ1) is 18.2. The van der Waals surface area contributed by atoms with Gasteiger partial charge >= 0.3 is 0 Å². The van der Waals surface area contributed by atoms with Crippen molar-refractivity contribution in [3.05, 3.63) is 84.5 Å². The first-order valence-corrected chi connectivity index (χ1v) is 13.4. The second kappa shape index (κ2) is 10.5. The summed E-state index contributed by atoms with van der Waals surface area (Å²) in [6.07, 6.45) is 3.92. The van der Waals surface area contributed by atoms with E-state index in [9.17, 15) is 18.3 Å². The van der Waals surface area contributed by atoms with Gasteiger partial charge in [-0.2, -0.15) is 0 Å². The molecule has 0 bridgehead atoms. The molecule has 3 N–H and O–H groups in total. The third-order valence-electron chi connectivity index (χ3n) is 6.30. The van der Waals surface area contributed by atoms with Gasteiger partial charge in [-0.3, -0.25) is 9.78 Å². The second-order valence-corrected chi connectivity index (χ2v) is 10.5. The number of ether oxygens (including phenoxy) is 2. The Morgan fingerprint density at radius 1 is 1.03 bits per heavy atom. The number of hydrogen-bond donors (Lipinski definition) is 2. The summed E-state index contributed by atoms with van der Waals surface area (Å²) in [5, 5.41) is 16.1. The standard InChI is InChI=1S/C27H25N3O7S/c28-38(33,34)22-8-6-19(7-9-22)25-24(18-4-2-1-3-5-18)30-26(37-25)23(31)17-36-21-14-20(15-29-16-21)27(32)10-12-35-13-11-27/h1-9,14-16,32H,10-13,17H2,(H2,28,33,34). The molecule has 1 saturated heterocycles. The Labute approximate surface area is 219 Å². The summed E-state index contributed by atoms with van der Waals surface area (Å²) in [6, 6.07) is 16.6. The SMILES string of the molecule is NS(=O)(=O)c1ccc(-c2oc(C(=O)COc3cncc(C4(O)CCOCC4)c3)nc2-c2ccccc2)cc1. The van der Waals surface area contributed by atoms with Crippen LogP contribution in [0.4, 0.5) is 0 Å². The van der Waals surface area contributed by atoms with Gasteiger partial charge in [0.1, 0.15) is 11.4 Å². The van der Waals surface area contributed by atoms with Crippen LogP contribution in [0.25, 0.3) is 22.6 Å². The lowest BCUT2D eigenvalue weighted by atomic mass is 9.87. The summed E-state index contributed by atoms with van der Waals surface area (Å²) in [4.78, 5) is 21.6. The van der Waals surface area contributed by atoms with Crippen LogP contribution in [0.1, 0.15) is 29.1 Å². The van der Waals surface area contributed by atoms with Gasteiger partial charge in [0.25, 0.3) is 11.7 Å². The van der Waals surface area contributed by atoms with Crippen LogP contribution in [-0.4, -0.2) is 49.1 Å². The number of rotatable bonds is 8. The average molecular weight is 536 g/mol. The highest BCUT2D eigenvalue weighted by Crippen LogP contribution is 2.34. The fourth-order valence-corrected chi connectivity index (χ4v) is 4.70. The number of ketones is 1. The molecule has 0 unspecified atom stereocenters. The number of carbonyl (C=O) groups is 1. The van der Waals surface area contributed by atoms with Crippen molar-refractivity contribution in [2.45, 2.75) is 23.3 Å². The van der Waals surface area contributed by atoms with E-state index in [1.807, 2.05) is 30.3 Å². The first-order valence-electron chi connectivity index (χ1n) is 11.8. The van der Waals surface area contributed by atoms with Crippen molar-refractivity contribution in [2.75, 3.05) is 19.8 Å². The smallest absolute Gasteiger partial charge is 0.268 e. The maximum Gasteiger partial charge on any atom is 0.268 e. The molecule has 11 heteroatoms. The Balaban J connectivity index is 1.39. The zero-order chi connectivity index (χ0) is 26.8. The van der Waals surface area contributed by atoms with Crippen molar-refractivity contribution in [2.24, 2.45) is 5.14 Å². The van der Waals surface area contributed by atoms with Gasteiger partial charge in [0.05, 0.1) is 16.7 Å².